The lowest BCUT2D eigenvalue weighted by atomic mass is 10.3. The van der Waals surface area contributed by atoms with Crippen LogP contribution in [0.15, 0.2) is 24.3 Å². The Balaban J connectivity index is 2.13. The molecule has 1 N–H and O–H groups in total. The second-order valence-electron chi connectivity index (χ2n) is 4.35. The van der Waals surface area contributed by atoms with E-state index in [1.54, 1.807) is 38.4 Å². The predicted octanol–water partition coefficient (Wildman–Crippen LogP) is 3.81. The second kappa shape index (κ2) is 6.76. The number of carbonyl (C=O) groups excluding carboxylic acids is 1. The summed E-state index contributed by atoms with van der Waals surface area (Å²) < 4.78 is 18.7. The molecule has 0 saturated heterocycles. The van der Waals surface area contributed by atoms with Crippen LogP contribution >= 0.6 is 23.2 Å². The Kier molecular flexibility index (Phi) is 4.99. The fourth-order valence-corrected chi connectivity index (χ4v) is 1.67. The van der Waals surface area contributed by atoms with Crippen molar-refractivity contribution in [3.63, 3.8) is 0 Å². The molecule has 22 heavy (non-hydrogen) atoms. The largest absolute Gasteiger partial charge is 0.437 e. The summed E-state index contributed by atoms with van der Waals surface area (Å²) >= 11 is 11.3. The summed E-state index contributed by atoms with van der Waals surface area (Å²) in [6, 6.07) is 6.10. The number of ether oxygens (including phenoxy) is 1. The monoisotopic (exact) mass is 344 g/mol. The third kappa shape index (κ3) is 3.96. The van der Waals surface area contributed by atoms with Gasteiger partial charge in [-0.1, -0.05) is 11.6 Å². The van der Waals surface area contributed by atoms with Crippen LogP contribution in [0.5, 0.6) is 11.6 Å². The smallest absolute Gasteiger partial charge is 0.321 e. The average Bonchev–Trinajstić information content (AvgIpc) is 2.46. The first-order chi connectivity index (χ1) is 10.4. The van der Waals surface area contributed by atoms with Gasteiger partial charge in [0.2, 0.25) is 17.1 Å². The molecule has 116 valence electrons. The van der Waals surface area contributed by atoms with Gasteiger partial charge in [0.15, 0.2) is 5.02 Å². The minimum atomic E-state index is -0.966. The molecule has 0 unspecified atom stereocenters. The number of benzene rings is 1. The summed E-state index contributed by atoms with van der Waals surface area (Å²) in [4.78, 5) is 19.9. The van der Waals surface area contributed by atoms with Crippen molar-refractivity contribution >= 4 is 34.9 Å². The molecule has 0 spiro atoms. The molecule has 1 aromatic carbocycles. The normalized spacial score (nSPS) is 10.2. The summed E-state index contributed by atoms with van der Waals surface area (Å²) in [6.45, 7) is 0. The Morgan fingerprint density at radius 3 is 2.45 bits per heavy atom. The standard InChI is InChI=1S/C13H11Cl2FN4O2/c1-20(2)13(21)17-7-3-5-8(6-4-7)22-11-9(14)10(16)18-12(15)19-11/h3-6H,1-2H3,(H,17,21). The number of carbonyl (C=O) groups is 1. The molecule has 0 saturated carbocycles. The van der Waals surface area contributed by atoms with Crippen molar-refractivity contribution in [2.45, 2.75) is 0 Å². The van der Waals surface area contributed by atoms with E-state index in [0.29, 0.717) is 11.4 Å². The molecule has 2 aromatic rings. The van der Waals surface area contributed by atoms with Crippen LogP contribution in [-0.2, 0) is 0 Å². The number of amides is 2. The molecule has 0 bridgehead atoms. The zero-order chi connectivity index (χ0) is 16.3. The summed E-state index contributed by atoms with van der Waals surface area (Å²) in [7, 11) is 3.25. The fraction of sp³-hybridized carbons (Fsp3) is 0.154. The highest BCUT2D eigenvalue weighted by Gasteiger charge is 2.14. The molecule has 0 aliphatic heterocycles. The molecule has 0 aliphatic carbocycles. The topological polar surface area (TPSA) is 67.4 Å². The van der Waals surface area contributed by atoms with Crippen molar-refractivity contribution < 1.29 is 13.9 Å². The van der Waals surface area contributed by atoms with Crippen LogP contribution < -0.4 is 10.1 Å². The van der Waals surface area contributed by atoms with Crippen LogP contribution in [0.25, 0.3) is 0 Å². The third-order valence-electron chi connectivity index (χ3n) is 2.48. The number of nitrogens with zero attached hydrogens (tertiary/aromatic N) is 3. The van der Waals surface area contributed by atoms with Crippen LogP contribution in [0.4, 0.5) is 14.9 Å². The van der Waals surface area contributed by atoms with Gasteiger partial charge in [0.25, 0.3) is 0 Å². The maximum Gasteiger partial charge on any atom is 0.321 e. The number of aromatic nitrogens is 2. The second-order valence-corrected chi connectivity index (χ2v) is 5.07. The van der Waals surface area contributed by atoms with Gasteiger partial charge in [0, 0.05) is 19.8 Å². The van der Waals surface area contributed by atoms with E-state index < -0.39 is 5.95 Å². The zero-order valence-corrected chi connectivity index (χ0v) is 13.1. The maximum atomic E-state index is 13.3. The van der Waals surface area contributed by atoms with Gasteiger partial charge in [-0.2, -0.15) is 14.4 Å². The van der Waals surface area contributed by atoms with Crippen molar-refractivity contribution in [1.29, 1.82) is 0 Å². The molecule has 0 aliphatic rings. The van der Waals surface area contributed by atoms with E-state index in [1.165, 1.54) is 4.90 Å². The number of halogens is 3. The van der Waals surface area contributed by atoms with Gasteiger partial charge < -0.3 is 15.0 Å². The van der Waals surface area contributed by atoms with E-state index in [-0.39, 0.29) is 22.2 Å². The van der Waals surface area contributed by atoms with E-state index in [4.69, 9.17) is 27.9 Å². The summed E-state index contributed by atoms with van der Waals surface area (Å²) in [5, 5.41) is 1.98. The molecule has 1 heterocycles. The van der Waals surface area contributed by atoms with Gasteiger partial charge in [-0.3, -0.25) is 0 Å². The van der Waals surface area contributed by atoms with Crippen molar-refractivity contribution in [3.8, 4) is 11.6 Å². The molecular formula is C13H11Cl2FN4O2. The Hall–Kier alpha value is -2.12. The predicted molar refractivity (Wildman–Crippen MR) is 81.2 cm³/mol. The number of hydrogen-bond acceptors (Lipinski definition) is 4. The lowest BCUT2D eigenvalue weighted by molar-refractivity contribution is 0.230. The Bertz CT molecular complexity index is 695. The van der Waals surface area contributed by atoms with Gasteiger partial charge in [0.05, 0.1) is 0 Å². The minimum absolute atomic E-state index is 0.191. The van der Waals surface area contributed by atoms with Gasteiger partial charge in [-0.05, 0) is 35.9 Å². The van der Waals surface area contributed by atoms with E-state index >= 15 is 0 Å². The highest BCUT2D eigenvalue weighted by molar-refractivity contribution is 6.32. The van der Waals surface area contributed by atoms with E-state index in [1.807, 2.05) is 0 Å². The van der Waals surface area contributed by atoms with Crippen LogP contribution in [-0.4, -0.2) is 35.0 Å². The van der Waals surface area contributed by atoms with Crippen LogP contribution in [0.2, 0.25) is 10.3 Å². The number of urea groups is 1. The number of nitrogens with one attached hydrogen (secondary N) is 1. The first-order valence-corrected chi connectivity index (χ1v) is 6.77. The highest BCUT2D eigenvalue weighted by Crippen LogP contribution is 2.30. The quantitative estimate of drug-likeness (QED) is 0.679. The van der Waals surface area contributed by atoms with Crippen LogP contribution in [0.1, 0.15) is 0 Å². The molecule has 9 heteroatoms. The SMILES string of the molecule is CN(C)C(=O)Nc1ccc(Oc2nc(Cl)nc(F)c2Cl)cc1. The Morgan fingerprint density at radius 1 is 1.23 bits per heavy atom. The summed E-state index contributed by atoms with van der Waals surface area (Å²) in [5.41, 5.74) is 0.573. The molecule has 0 fully saturated rings. The summed E-state index contributed by atoms with van der Waals surface area (Å²) in [6.07, 6.45) is 0. The maximum absolute atomic E-state index is 13.3. The average molecular weight is 345 g/mol. The first-order valence-electron chi connectivity index (χ1n) is 6.01. The molecule has 0 radical (unpaired) electrons. The minimum Gasteiger partial charge on any atom is -0.437 e. The van der Waals surface area contributed by atoms with E-state index in [9.17, 15) is 9.18 Å². The van der Waals surface area contributed by atoms with Crippen molar-refractivity contribution in [2.24, 2.45) is 0 Å². The Labute approximate surface area is 135 Å². The van der Waals surface area contributed by atoms with Crippen molar-refractivity contribution in [1.82, 2.24) is 14.9 Å². The number of anilines is 1. The highest BCUT2D eigenvalue weighted by atomic mass is 35.5. The third-order valence-corrected chi connectivity index (χ3v) is 2.97. The van der Waals surface area contributed by atoms with Gasteiger partial charge in [0.1, 0.15) is 5.75 Å². The number of rotatable bonds is 3. The zero-order valence-electron chi connectivity index (χ0n) is 11.6. The first kappa shape index (κ1) is 16.3. The summed E-state index contributed by atoms with van der Waals surface area (Å²) in [5.74, 6) is -0.810. The molecule has 2 rings (SSSR count). The Morgan fingerprint density at radius 2 is 1.86 bits per heavy atom. The van der Waals surface area contributed by atoms with Crippen molar-refractivity contribution in [3.05, 3.63) is 40.5 Å². The molecular weight excluding hydrogens is 334 g/mol. The van der Waals surface area contributed by atoms with E-state index in [0.717, 1.165) is 0 Å². The molecule has 0 atom stereocenters. The van der Waals surface area contributed by atoms with Gasteiger partial charge >= 0.3 is 6.03 Å². The van der Waals surface area contributed by atoms with Gasteiger partial charge in [-0.15, -0.1) is 0 Å². The lowest BCUT2D eigenvalue weighted by Gasteiger charge is -2.12. The van der Waals surface area contributed by atoms with Crippen molar-refractivity contribution in [2.75, 3.05) is 19.4 Å². The van der Waals surface area contributed by atoms with Gasteiger partial charge in [-0.25, -0.2) is 4.79 Å². The molecule has 1 aromatic heterocycles. The van der Waals surface area contributed by atoms with Crippen LogP contribution in [0.3, 0.4) is 0 Å². The fourth-order valence-electron chi connectivity index (χ4n) is 1.40. The van der Waals surface area contributed by atoms with E-state index in [2.05, 4.69) is 15.3 Å². The molecule has 2 amide bonds. The number of hydrogen-bond donors (Lipinski definition) is 1. The van der Waals surface area contributed by atoms with Crippen LogP contribution in [0, 0.1) is 5.95 Å². The lowest BCUT2D eigenvalue weighted by Crippen LogP contribution is -2.27. The molecule has 6 nitrogen and oxygen atoms in total.